The van der Waals surface area contributed by atoms with Gasteiger partial charge in [-0.05, 0) is 38.5 Å². The second-order valence-corrected chi connectivity index (χ2v) is 5.15. The van der Waals surface area contributed by atoms with Gasteiger partial charge in [-0.25, -0.2) is 0 Å². The van der Waals surface area contributed by atoms with Crippen LogP contribution in [0.3, 0.4) is 0 Å². The highest BCUT2D eigenvalue weighted by molar-refractivity contribution is 5.45. The molecule has 0 aromatic heterocycles. The molecular weight excluding hydrogens is 270 g/mol. The first kappa shape index (κ1) is 16.1. The van der Waals surface area contributed by atoms with E-state index in [1.807, 2.05) is 39.0 Å². The van der Waals surface area contributed by atoms with Crippen LogP contribution in [0.1, 0.15) is 38.7 Å². The van der Waals surface area contributed by atoms with Gasteiger partial charge in [-0.15, -0.1) is 0 Å². The van der Waals surface area contributed by atoms with Crippen molar-refractivity contribution in [3.8, 4) is 11.5 Å². The molecule has 5 nitrogen and oxygen atoms in total. The summed E-state index contributed by atoms with van der Waals surface area (Å²) in [4.78, 5) is 0. The SMILES string of the molecule is CCOC(C[C@@H](c1ccc2c(c1)OCO2)[C@H](C)N)OCC. The van der Waals surface area contributed by atoms with E-state index in [-0.39, 0.29) is 25.0 Å². The molecule has 0 saturated heterocycles. The Hall–Kier alpha value is -1.30. The molecule has 1 aromatic rings. The van der Waals surface area contributed by atoms with Crippen molar-refractivity contribution in [2.75, 3.05) is 20.0 Å². The van der Waals surface area contributed by atoms with Crippen LogP contribution >= 0.6 is 0 Å². The summed E-state index contributed by atoms with van der Waals surface area (Å²) in [7, 11) is 0. The van der Waals surface area contributed by atoms with E-state index in [1.54, 1.807) is 0 Å². The van der Waals surface area contributed by atoms with E-state index in [2.05, 4.69) is 0 Å². The van der Waals surface area contributed by atoms with Crippen molar-refractivity contribution in [2.45, 2.75) is 45.4 Å². The van der Waals surface area contributed by atoms with Crippen LogP contribution in [0.25, 0.3) is 0 Å². The summed E-state index contributed by atoms with van der Waals surface area (Å²) < 4.78 is 22.1. The third kappa shape index (κ3) is 4.09. The number of nitrogens with two attached hydrogens (primary N) is 1. The number of fused-ring (bicyclic) bond motifs is 1. The van der Waals surface area contributed by atoms with Crippen LogP contribution in [0.4, 0.5) is 0 Å². The Kier molecular flexibility index (Phi) is 5.85. The third-order valence-corrected chi connectivity index (χ3v) is 3.61. The lowest BCUT2D eigenvalue weighted by molar-refractivity contribution is -0.142. The zero-order valence-corrected chi connectivity index (χ0v) is 13.0. The predicted molar refractivity (Wildman–Crippen MR) is 80.6 cm³/mol. The molecule has 0 fully saturated rings. The van der Waals surface area contributed by atoms with Crippen molar-refractivity contribution in [1.82, 2.24) is 0 Å². The maximum Gasteiger partial charge on any atom is 0.231 e. The highest BCUT2D eigenvalue weighted by Crippen LogP contribution is 2.36. The summed E-state index contributed by atoms with van der Waals surface area (Å²) in [5, 5.41) is 0. The van der Waals surface area contributed by atoms with Gasteiger partial charge in [0.05, 0.1) is 0 Å². The summed E-state index contributed by atoms with van der Waals surface area (Å²) in [5.74, 6) is 1.71. The van der Waals surface area contributed by atoms with Gasteiger partial charge in [-0.1, -0.05) is 6.07 Å². The topological polar surface area (TPSA) is 62.9 Å². The van der Waals surface area contributed by atoms with Crippen molar-refractivity contribution < 1.29 is 18.9 Å². The molecule has 2 N–H and O–H groups in total. The summed E-state index contributed by atoms with van der Waals surface area (Å²) >= 11 is 0. The van der Waals surface area contributed by atoms with Gasteiger partial charge < -0.3 is 24.7 Å². The van der Waals surface area contributed by atoms with Gasteiger partial charge in [0.1, 0.15) is 0 Å². The van der Waals surface area contributed by atoms with E-state index < -0.39 is 0 Å². The van der Waals surface area contributed by atoms with E-state index in [9.17, 15) is 0 Å². The lowest BCUT2D eigenvalue weighted by Gasteiger charge is -2.26. The highest BCUT2D eigenvalue weighted by Gasteiger charge is 2.24. The normalized spacial score (nSPS) is 16.2. The number of benzene rings is 1. The lowest BCUT2D eigenvalue weighted by Crippen LogP contribution is -2.30. The Morgan fingerprint density at radius 3 is 2.43 bits per heavy atom. The summed E-state index contributed by atoms with van der Waals surface area (Å²) in [6.07, 6.45) is 0.486. The Morgan fingerprint density at radius 1 is 1.14 bits per heavy atom. The van der Waals surface area contributed by atoms with Gasteiger partial charge >= 0.3 is 0 Å². The Bertz CT molecular complexity index is 444. The minimum Gasteiger partial charge on any atom is -0.454 e. The minimum atomic E-state index is -0.235. The van der Waals surface area contributed by atoms with E-state index >= 15 is 0 Å². The number of hydrogen-bond donors (Lipinski definition) is 1. The molecule has 0 radical (unpaired) electrons. The fourth-order valence-electron chi connectivity index (χ4n) is 2.56. The molecule has 1 aliphatic heterocycles. The minimum absolute atomic E-state index is 0.00576. The smallest absolute Gasteiger partial charge is 0.231 e. The second-order valence-electron chi connectivity index (χ2n) is 5.15. The van der Waals surface area contributed by atoms with Gasteiger partial charge in [-0.3, -0.25) is 0 Å². The third-order valence-electron chi connectivity index (χ3n) is 3.61. The second kappa shape index (κ2) is 7.64. The largest absolute Gasteiger partial charge is 0.454 e. The molecule has 0 saturated carbocycles. The van der Waals surface area contributed by atoms with E-state index in [4.69, 9.17) is 24.7 Å². The zero-order valence-electron chi connectivity index (χ0n) is 13.0. The maximum absolute atomic E-state index is 6.17. The molecule has 5 heteroatoms. The standard InChI is InChI=1S/C16H25NO4/c1-4-18-16(19-5-2)9-13(11(3)17)12-6-7-14-15(8-12)21-10-20-14/h6-8,11,13,16H,4-5,9-10,17H2,1-3H3/t11-,13+/m0/s1. The molecule has 0 bridgehead atoms. The van der Waals surface area contributed by atoms with Crippen LogP contribution < -0.4 is 15.2 Å². The molecule has 0 spiro atoms. The highest BCUT2D eigenvalue weighted by atomic mass is 16.7. The van der Waals surface area contributed by atoms with Crippen molar-refractivity contribution in [3.05, 3.63) is 23.8 Å². The zero-order chi connectivity index (χ0) is 15.2. The molecule has 118 valence electrons. The average Bonchev–Trinajstić information content (AvgIpc) is 2.92. The molecule has 0 aliphatic carbocycles. The van der Waals surface area contributed by atoms with Crippen LogP contribution in [0.15, 0.2) is 18.2 Å². The van der Waals surface area contributed by atoms with Gasteiger partial charge in [0.15, 0.2) is 17.8 Å². The van der Waals surface area contributed by atoms with Crippen molar-refractivity contribution in [1.29, 1.82) is 0 Å². The van der Waals surface area contributed by atoms with Gasteiger partial charge in [0, 0.05) is 31.6 Å². The Labute approximate surface area is 126 Å². The molecule has 1 aromatic carbocycles. The monoisotopic (exact) mass is 295 g/mol. The molecule has 1 heterocycles. The van der Waals surface area contributed by atoms with Crippen LogP contribution in [0.5, 0.6) is 11.5 Å². The van der Waals surface area contributed by atoms with Crippen molar-refractivity contribution in [2.24, 2.45) is 5.73 Å². The molecule has 2 rings (SSSR count). The first-order valence-corrected chi connectivity index (χ1v) is 7.54. The van der Waals surface area contributed by atoms with Crippen LogP contribution in [0, 0.1) is 0 Å². The van der Waals surface area contributed by atoms with Gasteiger partial charge in [0.25, 0.3) is 0 Å². The molecule has 0 amide bonds. The molecule has 2 atom stereocenters. The number of ether oxygens (including phenoxy) is 4. The Morgan fingerprint density at radius 2 is 1.81 bits per heavy atom. The van der Waals surface area contributed by atoms with Crippen LogP contribution in [-0.4, -0.2) is 32.3 Å². The molecule has 0 unspecified atom stereocenters. The number of rotatable bonds is 8. The first-order chi connectivity index (χ1) is 10.2. The Balaban J connectivity index is 2.14. The van der Waals surface area contributed by atoms with E-state index in [1.165, 1.54) is 0 Å². The maximum atomic E-state index is 6.17. The molecular formula is C16H25NO4. The average molecular weight is 295 g/mol. The lowest BCUT2D eigenvalue weighted by atomic mass is 9.89. The van der Waals surface area contributed by atoms with Crippen molar-refractivity contribution >= 4 is 0 Å². The molecule has 1 aliphatic rings. The van der Waals surface area contributed by atoms with Gasteiger partial charge in [-0.2, -0.15) is 0 Å². The van der Waals surface area contributed by atoms with Crippen LogP contribution in [-0.2, 0) is 9.47 Å². The van der Waals surface area contributed by atoms with Crippen LogP contribution in [0.2, 0.25) is 0 Å². The quantitative estimate of drug-likeness (QED) is 0.747. The predicted octanol–water partition coefficient (Wildman–Crippen LogP) is 2.64. The van der Waals surface area contributed by atoms with Crippen molar-refractivity contribution in [3.63, 3.8) is 0 Å². The van der Waals surface area contributed by atoms with E-state index in [0.29, 0.717) is 13.2 Å². The summed E-state index contributed by atoms with van der Waals surface area (Å²) in [5.41, 5.74) is 7.30. The molecule has 21 heavy (non-hydrogen) atoms. The fourth-order valence-corrected chi connectivity index (χ4v) is 2.56. The number of hydrogen-bond acceptors (Lipinski definition) is 5. The first-order valence-electron chi connectivity index (χ1n) is 7.54. The fraction of sp³-hybridized carbons (Fsp3) is 0.625. The van der Waals surface area contributed by atoms with E-state index in [0.717, 1.165) is 23.5 Å². The summed E-state index contributed by atoms with van der Waals surface area (Å²) in [6.45, 7) is 7.46. The summed E-state index contributed by atoms with van der Waals surface area (Å²) in [6, 6.07) is 5.97. The van der Waals surface area contributed by atoms with Gasteiger partial charge in [0.2, 0.25) is 6.79 Å².